The van der Waals surface area contributed by atoms with Crippen molar-refractivity contribution in [3.8, 4) is 5.75 Å². The molecule has 2 aromatic heterocycles. The number of hydrogen-bond acceptors (Lipinski definition) is 1. The fourth-order valence-corrected chi connectivity index (χ4v) is 3.03. The number of aromatic nitrogens is 2. The molecule has 2 N–H and O–H groups in total. The van der Waals surface area contributed by atoms with E-state index >= 15 is 0 Å². The molecular formula is C16H14BrFN2O. The Labute approximate surface area is 130 Å². The SMILES string of the molecule is COc1ccc(Br)c(C(c2ccc[nH]2)c2ccc[nH]2)c1F. The van der Waals surface area contributed by atoms with Gasteiger partial charge in [0.25, 0.3) is 0 Å². The van der Waals surface area contributed by atoms with Crippen molar-refractivity contribution >= 4 is 15.9 Å². The lowest BCUT2D eigenvalue weighted by Gasteiger charge is -2.19. The molecule has 108 valence electrons. The van der Waals surface area contributed by atoms with Crippen LogP contribution in [0.25, 0.3) is 0 Å². The standard InChI is InChI=1S/C16H14BrFN2O/c1-21-13-7-6-10(17)14(16(13)18)15(11-4-2-8-19-11)12-5-3-9-20-12/h2-9,15,19-20H,1H3. The van der Waals surface area contributed by atoms with Gasteiger partial charge in [0.15, 0.2) is 11.6 Å². The second-order valence-corrected chi connectivity index (χ2v) is 5.52. The van der Waals surface area contributed by atoms with E-state index in [2.05, 4.69) is 25.9 Å². The lowest BCUT2D eigenvalue weighted by Crippen LogP contribution is -2.08. The zero-order chi connectivity index (χ0) is 14.8. The van der Waals surface area contributed by atoms with Crippen LogP contribution in [0.1, 0.15) is 22.9 Å². The first-order valence-electron chi connectivity index (χ1n) is 6.51. The molecule has 1 aromatic carbocycles. The molecule has 0 bridgehead atoms. The quantitative estimate of drug-likeness (QED) is 0.719. The zero-order valence-electron chi connectivity index (χ0n) is 11.4. The summed E-state index contributed by atoms with van der Waals surface area (Å²) in [6.07, 6.45) is 3.66. The van der Waals surface area contributed by atoms with Gasteiger partial charge in [0.1, 0.15) is 0 Å². The van der Waals surface area contributed by atoms with Gasteiger partial charge in [-0.1, -0.05) is 15.9 Å². The number of ether oxygens (including phenoxy) is 1. The Hall–Kier alpha value is -2.01. The van der Waals surface area contributed by atoms with E-state index in [0.29, 0.717) is 10.0 Å². The van der Waals surface area contributed by atoms with Crippen LogP contribution in [0.15, 0.2) is 53.3 Å². The number of aromatic amines is 2. The summed E-state index contributed by atoms with van der Waals surface area (Å²) in [5, 5.41) is 0. The summed E-state index contributed by atoms with van der Waals surface area (Å²) in [6.45, 7) is 0. The fourth-order valence-electron chi connectivity index (χ4n) is 2.50. The molecule has 3 aromatic rings. The Bertz CT molecular complexity index is 689. The summed E-state index contributed by atoms with van der Waals surface area (Å²) in [6, 6.07) is 11.1. The Balaban J connectivity index is 2.23. The van der Waals surface area contributed by atoms with Crippen LogP contribution in [0.5, 0.6) is 5.75 Å². The molecule has 0 saturated heterocycles. The summed E-state index contributed by atoms with van der Waals surface area (Å²) < 4.78 is 20.6. The first-order chi connectivity index (χ1) is 10.2. The van der Waals surface area contributed by atoms with Crippen molar-refractivity contribution in [1.82, 2.24) is 9.97 Å². The minimum Gasteiger partial charge on any atom is -0.494 e. The first kappa shape index (κ1) is 13.9. The number of nitrogens with one attached hydrogen (secondary N) is 2. The van der Waals surface area contributed by atoms with E-state index in [9.17, 15) is 4.39 Å². The lowest BCUT2D eigenvalue weighted by atomic mass is 9.92. The minimum atomic E-state index is -0.360. The van der Waals surface area contributed by atoms with E-state index in [0.717, 1.165) is 11.4 Å². The average Bonchev–Trinajstić information content (AvgIpc) is 3.17. The molecule has 3 rings (SSSR count). The van der Waals surface area contributed by atoms with E-state index in [1.165, 1.54) is 7.11 Å². The molecule has 0 spiro atoms. The van der Waals surface area contributed by atoms with Crippen molar-refractivity contribution in [2.75, 3.05) is 7.11 Å². The highest BCUT2D eigenvalue weighted by molar-refractivity contribution is 9.10. The maximum absolute atomic E-state index is 14.8. The van der Waals surface area contributed by atoms with Gasteiger partial charge < -0.3 is 14.7 Å². The van der Waals surface area contributed by atoms with E-state index in [1.54, 1.807) is 12.1 Å². The Morgan fingerprint density at radius 3 is 2.14 bits per heavy atom. The molecule has 0 unspecified atom stereocenters. The van der Waals surface area contributed by atoms with Crippen LogP contribution in [0.2, 0.25) is 0 Å². The average molecular weight is 349 g/mol. The number of methoxy groups -OCH3 is 1. The molecule has 0 aliphatic rings. The topological polar surface area (TPSA) is 40.8 Å². The zero-order valence-corrected chi connectivity index (χ0v) is 12.9. The molecule has 5 heteroatoms. The van der Waals surface area contributed by atoms with Crippen LogP contribution in [-0.4, -0.2) is 17.1 Å². The summed E-state index contributed by atoms with van der Waals surface area (Å²) in [5.74, 6) is -0.392. The second kappa shape index (κ2) is 5.77. The van der Waals surface area contributed by atoms with Gasteiger partial charge in [-0.05, 0) is 36.4 Å². The normalized spacial score (nSPS) is 11.0. The molecule has 21 heavy (non-hydrogen) atoms. The van der Waals surface area contributed by atoms with Gasteiger partial charge in [-0.3, -0.25) is 0 Å². The van der Waals surface area contributed by atoms with Crippen molar-refractivity contribution < 1.29 is 9.13 Å². The van der Waals surface area contributed by atoms with Crippen molar-refractivity contribution in [1.29, 1.82) is 0 Å². The number of hydrogen-bond donors (Lipinski definition) is 2. The van der Waals surface area contributed by atoms with Gasteiger partial charge in [-0.2, -0.15) is 0 Å². The summed E-state index contributed by atoms with van der Waals surface area (Å²) in [5.41, 5.74) is 2.36. The van der Waals surface area contributed by atoms with Gasteiger partial charge in [0, 0.05) is 33.8 Å². The van der Waals surface area contributed by atoms with Crippen LogP contribution in [-0.2, 0) is 0 Å². The van der Waals surface area contributed by atoms with Crippen LogP contribution >= 0.6 is 15.9 Å². The lowest BCUT2D eigenvalue weighted by molar-refractivity contribution is 0.383. The molecule has 0 atom stereocenters. The monoisotopic (exact) mass is 348 g/mol. The second-order valence-electron chi connectivity index (χ2n) is 4.66. The maximum Gasteiger partial charge on any atom is 0.170 e. The molecule has 0 radical (unpaired) electrons. The third-order valence-corrected chi connectivity index (χ3v) is 4.16. The van der Waals surface area contributed by atoms with Gasteiger partial charge in [-0.15, -0.1) is 0 Å². The molecular weight excluding hydrogens is 335 g/mol. The van der Waals surface area contributed by atoms with Crippen LogP contribution in [0.4, 0.5) is 4.39 Å². The van der Waals surface area contributed by atoms with Crippen LogP contribution in [0, 0.1) is 5.82 Å². The molecule has 0 saturated carbocycles. The van der Waals surface area contributed by atoms with Gasteiger partial charge >= 0.3 is 0 Å². The van der Waals surface area contributed by atoms with Gasteiger partial charge in [0.2, 0.25) is 0 Å². The van der Waals surface area contributed by atoms with Crippen molar-refractivity contribution in [2.45, 2.75) is 5.92 Å². The Morgan fingerprint density at radius 1 is 1.05 bits per heavy atom. The van der Waals surface area contributed by atoms with Crippen molar-refractivity contribution in [2.24, 2.45) is 0 Å². The number of rotatable bonds is 4. The highest BCUT2D eigenvalue weighted by atomic mass is 79.9. The molecule has 2 heterocycles. The highest BCUT2D eigenvalue weighted by Gasteiger charge is 2.26. The summed E-state index contributed by atoms with van der Waals surface area (Å²) in [4.78, 5) is 6.34. The van der Waals surface area contributed by atoms with E-state index in [1.807, 2.05) is 36.7 Å². The molecule has 0 aliphatic heterocycles. The van der Waals surface area contributed by atoms with Crippen LogP contribution < -0.4 is 4.74 Å². The smallest absolute Gasteiger partial charge is 0.170 e. The van der Waals surface area contributed by atoms with Crippen molar-refractivity contribution in [3.05, 3.63) is 76.0 Å². The Morgan fingerprint density at radius 2 is 1.67 bits per heavy atom. The minimum absolute atomic E-state index is 0.233. The largest absolute Gasteiger partial charge is 0.494 e. The number of benzene rings is 1. The predicted octanol–water partition coefficient (Wildman–Crippen LogP) is 4.43. The predicted molar refractivity (Wildman–Crippen MR) is 83.2 cm³/mol. The van der Waals surface area contributed by atoms with E-state index < -0.39 is 0 Å². The number of halogens is 2. The maximum atomic E-state index is 14.8. The molecule has 3 nitrogen and oxygen atoms in total. The molecule has 0 fully saturated rings. The van der Waals surface area contributed by atoms with Crippen LogP contribution in [0.3, 0.4) is 0 Å². The van der Waals surface area contributed by atoms with E-state index in [4.69, 9.17) is 4.74 Å². The van der Waals surface area contributed by atoms with Crippen molar-refractivity contribution in [3.63, 3.8) is 0 Å². The third-order valence-electron chi connectivity index (χ3n) is 3.47. The molecule has 0 amide bonds. The first-order valence-corrected chi connectivity index (χ1v) is 7.30. The Kier molecular flexibility index (Phi) is 3.84. The van der Waals surface area contributed by atoms with Gasteiger partial charge in [0.05, 0.1) is 13.0 Å². The highest BCUT2D eigenvalue weighted by Crippen LogP contribution is 2.39. The summed E-state index contributed by atoms with van der Waals surface area (Å²) >= 11 is 3.46. The summed E-state index contributed by atoms with van der Waals surface area (Å²) in [7, 11) is 1.47. The number of H-pyrrole nitrogens is 2. The fraction of sp³-hybridized carbons (Fsp3) is 0.125. The third kappa shape index (κ3) is 2.49. The molecule has 0 aliphatic carbocycles. The van der Waals surface area contributed by atoms with Gasteiger partial charge in [-0.25, -0.2) is 4.39 Å². The van der Waals surface area contributed by atoms with E-state index in [-0.39, 0.29) is 17.5 Å².